The first kappa shape index (κ1) is 29.6. The lowest BCUT2D eigenvalue weighted by molar-refractivity contribution is -0.161. The van der Waals surface area contributed by atoms with Gasteiger partial charge in [0.25, 0.3) is 8.32 Å². The van der Waals surface area contributed by atoms with E-state index in [2.05, 4.69) is 82.3 Å². The average Bonchev–Trinajstić information content (AvgIpc) is 2.90. The van der Waals surface area contributed by atoms with Crippen LogP contribution in [-0.2, 0) is 20.6 Å². The third-order valence-corrected chi connectivity index (χ3v) is 12.5. The number of carboxylic acids is 1. The first-order valence-corrected chi connectivity index (χ1v) is 15.3. The molecular weight excluding hydrogens is 488 g/mol. The van der Waals surface area contributed by atoms with Crippen molar-refractivity contribution in [1.82, 2.24) is 0 Å². The van der Waals surface area contributed by atoms with Gasteiger partial charge in [-0.05, 0) is 34.3 Å². The van der Waals surface area contributed by atoms with Gasteiger partial charge in [0.15, 0.2) is 6.10 Å². The van der Waals surface area contributed by atoms with E-state index in [0.29, 0.717) is 0 Å². The van der Waals surface area contributed by atoms with Gasteiger partial charge in [0, 0.05) is 12.0 Å². The van der Waals surface area contributed by atoms with Crippen LogP contribution in [0.3, 0.4) is 0 Å². The van der Waals surface area contributed by atoms with Gasteiger partial charge in [-0.3, -0.25) is 0 Å². The van der Waals surface area contributed by atoms with Crippen LogP contribution < -0.4 is 10.4 Å². The topological polar surface area (TPSA) is 55.8 Å². The Balaban J connectivity index is 2.10. The third kappa shape index (κ3) is 6.34. The van der Waals surface area contributed by atoms with Crippen molar-refractivity contribution < 1.29 is 19.1 Å². The van der Waals surface area contributed by atoms with Crippen LogP contribution >= 0.6 is 0 Å². The summed E-state index contributed by atoms with van der Waals surface area (Å²) >= 11 is 0. The van der Waals surface area contributed by atoms with Gasteiger partial charge < -0.3 is 14.3 Å². The van der Waals surface area contributed by atoms with Crippen molar-refractivity contribution in [2.24, 2.45) is 5.41 Å². The van der Waals surface area contributed by atoms with E-state index in [1.807, 2.05) is 56.3 Å². The quantitative estimate of drug-likeness (QED) is 0.212. The fourth-order valence-electron chi connectivity index (χ4n) is 5.24. The van der Waals surface area contributed by atoms with Gasteiger partial charge in [0.2, 0.25) is 0 Å². The molecule has 3 rings (SSSR count). The van der Waals surface area contributed by atoms with E-state index in [1.165, 1.54) is 0 Å². The van der Waals surface area contributed by atoms with Crippen molar-refractivity contribution in [3.05, 3.63) is 108 Å². The Morgan fingerprint density at radius 1 is 0.868 bits per heavy atom. The number of allylic oxidation sites excluding steroid dienone is 1. The number of benzene rings is 3. The van der Waals surface area contributed by atoms with Crippen LogP contribution in [0.5, 0.6) is 0 Å². The number of carbonyl (C=O) groups is 1. The molecule has 0 saturated heterocycles. The summed E-state index contributed by atoms with van der Waals surface area (Å²) in [6.45, 7) is 13.1. The van der Waals surface area contributed by atoms with Crippen molar-refractivity contribution in [2.75, 3.05) is 6.61 Å². The van der Waals surface area contributed by atoms with Crippen molar-refractivity contribution in [3.8, 4) is 0 Å². The molecule has 0 spiro atoms. The third-order valence-electron chi connectivity index (χ3n) is 7.48. The molecule has 2 atom stereocenters. The average molecular weight is 531 g/mol. The lowest BCUT2D eigenvalue weighted by Crippen LogP contribution is -2.67. The van der Waals surface area contributed by atoms with Gasteiger partial charge >= 0.3 is 5.97 Å². The van der Waals surface area contributed by atoms with Gasteiger partial charge in [0.05, 0.1) is 6.61 Å². The van der Waals surface area contributed by atoms with Crippen LogP contribution in [0, 0.1) is 5.41 Å². The molecule has 38 heavy (non-hydrogen) atoms. The second-order valence-corrected chi connectivity index (χ2v) is 15.5. The highest BCUT2D eigenvalue weighted by Gasteiger charge is 2.52. The molecule has 0 heterocycles. The summed E-state index contributed by atoms with van der Waals surface area (Å²) in [5.74, 6) is -0.988. The van der Waals surface area contributed by atoms with E-state index in [0.717, 1.165) is 27.9 Å². The highest BCUT2D eigenvalue weighted by molar-refractivity contribution is 6.99. The lowest BCUT2D eigenvalue weighted by atomic mass is 9.77. The van der Waals surface area contributed by atoms with Gasteiger partial charge in [-0.25, -0.2) is 4.79 Å². The number of carboxylic acid groups (broad SMARTS) is 1. The zero-order chi connectivity index (χ0) is 27.8. The summed E-state index contributed by atoms with van der Waals surface area (Å²) in [6.07, 6.45) is 1.81. The van der Waals surface area contributed by atoms with Gasteiger partial charge in [0.1, 0.15) is 0 Å². The second-order valence-electron chi connectivity index (χ2n) is 11.2. The molecule has 202 valence electrons. The summed E-state index contributed by atoms with van der Waals surface area (Å²) < 4.78 is 13.4. The summed E-state index contributed by atoms with van der Waals surface area (Å²) in [5, 5.41) is 12.5. The Bertz CT molecular complexity index is 1150. The molecule has 0 aliphatic heterocycles. The molecule has 0 bridgehead atoms. The standard InChI is InChI=1S/C33H42O4Si/c1-7-17-26(2)33(6,30(31(34)35)36-24-27-18-11-8-12-19-27)25-37-38(32(3,4)5,28-20-13-9-14-21-28)29-22-15-10-16-23-29/h8-23,30H,7,24-25H2,1-6H3,(H,34,35)/b26-17+/t30-,33-/m0/s1. The Labute approximate surface area is 229 Å². The zero-order valence-corrected chi connectivity index (χ0v) is 24.6. The first-order valence-electron chi connectivity index (χ1n) is 13.4. The van der Waals surface area contributed by atoms with Crippen LogP contribution in [0.4, 0.5) is 0 Å². The highest BCUT2D eigenvalue weighted by Crippen LogP contribution is 2.41. The Morgan fingerprint density at radius 3 is 1.76 bits per heavy atom. The molecule has 0 fully saturated rings. The molecule has 5 heteroatoms. The molecule has 0 unspecified atom stereocenters. The van der Waals surface area contributed by atoms with Gasteiger partial charge in [-0.15, -0.1) is 0 Å². The normalized spacial score (nSPS) is 15.1. The molecule has 0 saturated carbocycles. The highest BCUT2D eigenvalue weighted by atomic mass is 28.4. The minimum atomic E-state index is -2.87. The van der Waals surface area contributed by atoms with E-state index < -0.39 is 25.8 Å². The predicted molar refractivity (Wildman–Crippen MR) is 158 cm³/mol. The molecule has 0 aromatic heterocycles. The maximum atomic E-state index is 12.7. The summed E-state index contributed by atoms with van der Waals surface area (Å²) in [4.78, 5) is 12.7. The van der Waals surface area contributed by atoms with Crippen LogP contribution in [0.1, 0.15) is 53.5 Å². The predicted octanol–water partition coefficient (Wildman–Crippen LogP) is 6.60. The van der Waals surface area contributed by atoms with Gasteiger partial charge in [-0.1, -0.05) is 137 Å². The van der Waals surface area contributed by atoms with Gasteiger partial charge in [-0.2, -0.15) is 0 Å². The molecule has 0 radical (unpaired) electrons. The van der Waals surface area contributed by atoms with E-state index in [1.54, 1.807) is 0 Å². The Kier molecular flexibility index (Phi) is 9.88. The number of hydrogen-bond donors (Lipinski definition) is 1. The SMILES string of the molecule is CC/C=C(\C)[C@](C)(CO[Si](c1ccccc1)(c1ccccc1)C(C)(C)C)[C@@H](OCc1ccccc1)C(=O)O. The maximum absolute atomic E-state index is 12.7. The summed E-state index contributed by atoms with van der Waals surface area (Å²) in [7, 11) is -2.87. The van der Waals surface area contributed by atoms with Crippen LogP contribution in [0.15, 0.2) is 103 Å². The zero-order valence-electron chi connectivity index (χ0n) is 23.6. The van der Waals surface area contributed by atoms with Crippen molar-refractivity contribution in [3.63, 3.8) is 0 Å². The van der Waals surface area contributed by atoms with E-state index in [9.17, 15) is 9.90 Å². The molecule has 0 aliphatic carbocycles. The van der Waals surface area contributed by atoms with Crippen molar-refractivity contribution >= 4 is 24.7 Å². The molecule has 0 aliphatic rings. The first-order chi connectivity index (χ1) is 18.1. The van der Waals surface area contributed by atoms with E-state index in [-0.39, 0.29) is 18.3 Å². The monoisotopic (exact) mass is 530 g/mol. The molecule has 3 aromatic rings. The van der Waals surface area contributed by atoms with Crippen LogP contribution in [-0.4, -0.2) is 32.1 Å². The maximum Gasteiger partial charge on any atom is 0.333 e. The molecular formula is C33H42O4Si. The van der Waals surface area contributed by atoms with Crippen molar-refractivity contribution in [2.45, 2.75) is 65.7 Å². The number of aliphatic carboxylic acids is 1. The number of hydrogen-bond acceptors (Lipinski definition) is 3. The molecule has 0 amide bonds. The van der Waals surface area contributed by atoms with Crippen molar-refractivity contribution in [1.29, 1.82) is 0 Å². The van der Waals surface area contributed by atoms with Crippen LogP contribution in [0.25, 0.3) is 0 Å². The fraction of sp³-hybridized carbons (Fsp3) is 0.364. The minimum Gasteiger partial charge on any atom is -0.479 e. The Morgan fingerprint density at radius 2 is 1.34 bits per heavy atom. The molecule has 1 N–H and O–H groups in total. The number of rotatable bonds is 12. The lowest BCUT2D eigenvalue weighted by Gasteiger charge is -2.46. The molecule has 4 nitrogen and oxygen atoms in total. The summed E-state index contributed by atoms with van der Waals surface area (Å²) in [5.41, 5.74) is 1.01. The molecule has 3 aromatic carbocycles. The Hall–Kier alpha value is -2.99. The number of ether oxygens (including phenoxy) is 1. The fourth-order valence-corrected chi connectivity index (χ4v) is 9.91. The van der Waals surface area contributed by atoms with Crippen LogP contribution in [0.2, 0.25) is 5.04 Å². The summed E-state index contributed by atoms with van der Waals surface area (Å²) in [6, 6.07) is 30.6. The van der Waals surface area contributed by atoms with E-state index >= 15 is 0 Å². The van der Waals surface area contributed by atoms with E-state index in [4.69, 9.17) is 9.16 Å². The largest absolute Gasteiger partial charge is 0.479 e. The smallest absolute Gasteiger partial charge is 0.333 e. The second kappa shape index (κ2) is 12.7. The minimum absolute atomic E-state index is 0.214.